The molecule has 27 heavy (non-hydrogen) atoms. The van der Waals surface area contributed by atoms with Gasteiger partial charge in [0.15, 0.2) is 0 Å². The SMILES string of the molecule is COC(=O)C(Cc1ccc(C(C)(C)C)cc1)NC(=O)OCc1ccccc1. The lowest BCUT2D eigenvalue weighted by Gasteiger charge is -2.20. The Bertz CT molecular complexity index is 748. The molecule has 2 aromatic rings. The number of hydrogen-bond donors (Lipinski definition) is 1. The van der Waals surface area contributed by atoms with Crippen molar-refractivity contribution in [2.75, 3.05) is 7.11 Å². The number of alkyl carbamates (subject to hydrolysis) is 1. The van der Waals surface area contributed by atoms with E-state index in [0.29, 0.717) is 6.42 Å². The number of benzene rings is 2. The van der Waals surface area contributed by atoms with Crippen molar-refractivity contribution in [1.29, 1.82) is 0 Å². The Kier molecular flexibility index (Phi) is 6.99. The van der Waals surface area contributed by atoms with Crippen LogP contribution in [-0.4, -0.2) is 25.2 Å². The lowest BCUT2D eigenvalue weighted by Crippen LogP contribution is -2.43. The van der Waals surface area contributed by atoms with E-state index in [9.17, 15) is 9.59 Å². The summed E-state index contributed by atoms with van der Waals surface area (Å²) in [4.78, 5) is 24.1. The predicted octanol–water partition coefficient (Wildman–Crippen LogP) is 3.99. The molecule has 0 bridgehead atoms. The van der Waals surface area contributed by atoms with Gasteiger partial charge in [0.1, 0.15) is 12.6 Å². The summed E-state index contributed by atoms with van der Waals surface area (Å²) in [6.07, 6.45) is -0.321. The first-order valence-corrected chi connectivity index (χ1v) is 8.94. The molecule has 0 aliphatic rings. The summed E-state index contributed by atoms with van der Waals surface area (Å²) in [6, 6.07) is 16.6. The number of rotatable bonds is 6. The Labute approximate surface area is 160 Å². The topological polar surface area (TPSA) is 64.6 Å². The van der Waals surface area contributed by atoms with Crippen molar-refractivity contribution in [3.05, 3.63) is 71.3 Å². The molecule has 144 valence electrons. The first kappa shape index (κ1) is 20.5. The summed E-state index contributed by atoms with van der Waals surface area (Å²) in [5, 5.41) is 2.60. The van der Waals surface area contributed by atoms with Crippen LogP contribution in [0.5, 0.6) is 0 Å². The molecule has 0 radical (unpaired) electrons. The van der Waals surface area contributed by atoms with E-state index < -0.39 is 18.1 Å². The molecule has 0 aromatic heterocycles. The zero-order valence-electron chi connectivity index (χ0n) is 16.3. The van der Waals surface area contributed by atoms with E-state index in [2.05, 4.69) is 26.1 Å². The molecule has 0 spiro atoms. The van der Waals surface area contributed by atoms with E-state index in [1.807, 2.05) is 54.6 Å². The predicted molar refractivity (Wildman–Crippen MR) is 104 cm³/mol. The molecule has 5 nitrogen and oxygen atoms in total. The highest BCUT2D eigenvalue weighted by molar-refractivity contribution is 5.81. The van der Waals surface area contributed by atoms with Gasteiger partial charge in [0, 0.05) is 6.42 Å². The summed E-state index contributed by atoms with van der Waals surface area (Å²) in [7, 11) is 1.30. The van der Waals surface area contributed by atoms with Crippen LogP contribution in [0.1, 0.15) is 37.5 Å². The van der Waals surface area contributed by atoms with Crippen LogP contribution < -0.4 is 5.32 Å². The molecule has 1 amide bonds. The summed E-state index contributed by atoms with van der Waals surface area (Å²) in [6.45, 7) is 6.57. The van der Waals surface area contributed by atoms with Gasteiger partial charge in [-0.3, -0.25) is 0 Å². The van der Waals surface area contributed by atoms with E-state index in [1.165, 1.54) is 12.7 Å². The molecule has 1 atom stereocenters. The number of carbonyl (C=O) groups is 2. The highest BCUT2D eigenvalue weighted by Crippen LogP contribution is 2.22. The number of methoxy groups -OCH3 is 1. The molecule has 1 N–H and O–H groups in total. The Hall–Kier alpha value is -2.82. The standard InChI is InChI=1S/C22H27NO4/c1-22(2,3)18-12-10-16(11-13-18)14-19(20(24)26-4)23-21(25)27-15-17-8-6-5-7-9-17/h5-13,19H,14-15H2,1-4H3,(H,23,25). The highest BCUT2D eigenvalue weighted by Gasteiger charge is 2.23. The second kappa shape index (κ2) is 9.21. The van der Waals surface area contributed by atoms with Crippen LogP contribution in [0.3, 0.4) is 0 Å². The fraction of sp³-hybridized carbons (Fsp3) is 0.364. The summed E-state index contributed by atoms with van der Waals surface area (Å²) < 4.78 is 10.0. The highest BCUT2D eigenvalue weighted by atomic mass is 16.6. The van der Waals surface area contributed by atoms with Gasteiger partial charge in [-0.1, -0.05) is 75.4 Å². The molecule has 0 heterocycles. The zero-order chi connectivity index (χ0) is 19.9. The second-order valence-electron chi connectivity index (χ2n) is 7.43. The molecule has 0 saturated carbocycles. The summed E-state index contributed by atoms with van der Waals surface area (Å²) in [5.74, 6) is -0.508. The van der Waals surface area contributed by atoms with Gasteiger partial charge < -0.3 is 14.8 Å². The quantitative estimate of drug-likeness (QED) is 0.782. The van der Waals surface area contributed by atoms with Crippen molar-refractivity contribution in [3.8, 4) is 0 Å². The van der Waals surface area contributed by atoms with Gasteiger partial charge in [-0.05, 0) is 22.1 Å². The van der Waals surface area contributed by atoms with E-state index in [-0.39, 0.29) is 12.0 Å². The van der Waals surface area contributed by atoms with Crippen molar-refractivity contribution >= 4 is 12.1 Å². The van der Waals surface area contributed by atoms with E-state index in [1.54, 1.807) is 0 Å². The van der Waals surface area contributed by atoms with Gasteiger partial charge in [0.2, 0.25) is 0 Å². The molecule has 0 aliphatic carbocycles. The third-order valence-electron chi connectivity index (χ3n) is 4.25. The first-order valence-electron chi connectivity index (χ1n) is 8.94. The first-order chi connectivity index (χ1) is 12.8. The minimum Gasteiger partial charge on any atom is -0.467 e. The Morgan fingerprint density at radius 3 is 2.15 bits per heavy atom. The zero-order valence-corrected chi connectivity index (χ0v) is 16.3. The fourth-order valence-corrected chi connectivity index (χ4v) is 2.62. The van der Waals surface area contributed by atoms with Gasteiger partial charge in [-0.2, -0.15) is 0 Å². The average Bonchev–Trinajstić information content (AvgIpc) is 2.65. The van der Waals surface area contributed by atoms with Gasteiger partial charge in [0.25, 0.3) is 0 Å². The van der Waals surface area contributed by atoms with Gasteiger partial charge >= 0.3 is 12.1 Å². The van der Waals surface area contributed by atoms with Gasteiger partial charge in [-0.15, -0.1) is 0 Å². The Balaban J connectivity index is 1.98. The maximum absolute atomic E-state index is 12.1. The van der Waals surface area contributed by atoms with Crippen LogP contribution in [-0.2, 0) is 32.7 Å². The maximum atomic E-state index is 12.1. The normalized spacial score (nSPS) is 12.1. The lowest BCUT2D eigenvalue weighted by molar-refractivity contribution is -0.143. The van der Waals surface area contributed by atoms with Crippen molar-refractivity contribution in [2.45, 2.75) is 45.3 Å². The number of nitrogens with one attached hydrogen (secondary N) is 1. The summed E-state index contributed by atoms with van der Waals surface area (Å²) >= 11 is 0. The van der Waals surface area contributed by atoms with Gasteiger partial charge in [-0.25, -0.2) is 9.59 Å². The minimum absolute atomic E-state index is 0.0553. The molecular weight excluding hydrogens is 342 g/mol. The second-order valence-corrected chi connectivity index (χ2v) is 7.43. The Morgan fingerprint density at radius 1 is 0.963 bits per heavy atom. The van der Waals surface area contributed by atoms with E-state index >= 15 is 0 Å². The molecule has 0 aliphatic heterocycles. The third-order valence-corrected chi connectivity index (χ3v) is 4.25. The monoisotopic (exact) mass is 369 g/mol. The Morgan fingerprint density at radius 2 is 1.59 bits per heavy atom. The van der Waals surface area contributed by atoms with Crippen LogP contribution in [0.25, 0.3) is 0 Å². The molecule has 0 fully saturated rings. The van der Waals surface area contributed by atoms with Crippen LogP contribution in [0.15, 0.2) is 54.6 Å². The molecule has 5 heteroatoms. The van der Waals surface area contributed by atoms with Crippen molar-refractivity contribution in [3.63, 3.8) is 0 Å². The largest absolute Gasteiger partial charge is 0.467 e. The van der Waals surface area contributed by atoms with Gasteiger partial charge in [0.05, 0.1) is 7.11 Å². The van der Waals surface area contributed by atoms with Crippen molar-refractivity contribution < 1.29 is 19.1 Å². The van der Waals surface area contributed by atoms with E-state index in [4.69, 9.17) is 9.47 Å². The maximum Gasteiger partial charge on any atom is 0.408 e. The molecule has 0 saturated heterocycles. The minimum atomic E-state index is -0.807. The fourth-order valence-electron chi connectivity index (χ4n) is 2.62. The molecule has 1 unspecified atom stereocenters. The van der Waals surface area contributed by atoms with Crippen LogP contribution in [0.4, 0.5) is 4.79 Å². The number of esters is 1. The molecule has 2 rings (SSSR count). The smallest absolute Gasteiger partial charge is 0.408 e. The van der Waals surface area contributed by atoms with Crippen LogP contribution in [0.2, 0.25) is 0 Å². The van der Waals surface area contributed by atoms with Crippen LogP contribution >= 0.6 is 0 Å². The molecular formula is C22H27NO4. The van der Waals surface area contributed by atoms with Crippen LogP contribution in [0, 0.1) is 0 Å². The molecule has 2 aromatic carbocycles. The van der Waals surface area contributed by atoms with Crippen molar-refractivity contribution in [2.24, 2.45) is 0 Å². The third kappa shape index (κ3) is 6.44. The average molecular weight is 369 g/mol. The van der Waals surface area contributed by atoms with E-state index in [0.717, 1.165) is 11.1 Å². The van der Waals surface area contributed by atoms with Crippen molar-refractivity contribution in [1.82, 2.24) is 5.32 Å². The number of ether oxygens (including phenoxy) is 2. The number of amides is 1. The number of hydrogen-bond acceptors (Lipinski definition) is 4. The summed E-state index contributed by atoms with van der Waals surface area (Å²) in [5.41, 5.74) is 3.07. The lowest BCUT2D eigenvalue weighted by atomic mass is 9.86. The number of carbonyl (C=O) groups excluding carboxylic acids is 2.